The highest BCUT2D eigenvalue weighted by atomic mass is 19.1. The van der Waals surface area contributed by atoms with Crippen molar-refractivity contribution in [2.45, 2.75) is 33.1 Å². The topological polar surface area (TPSA) is 0 Å². The lowest BCUT2D eigenvalue weighted by Gasteiger charge is -2.04. The average molecular weight is 118 g/mol. The van der Waals surface area contributed by atoms with Gasteiger partial charge in [0.15, 0.2) is 0 Å². The molecule has 1 atom stereocenters. The molecule has 0 heterocycles. The van der Waals surface area contributed by atoms with E-state index in [-0.39, 0.29) is 6.67 Å². The second kappa shape index (κ2) is 5.07. The van der Waals surface area contributed by atoms with Gasteiger partial charge in [-0.2, -0.15) is 0 Å². The third-order valence-electron chi connectivity index (χ3n) is 1.38. The number of alkyl halides is 1. The highest BCUT2D eigenvalue weighted by Crippen LogP contribution is 2.08. The van der Waals surface area contributed by atoms with Crippen LogP contribution in [-0.4, -0.2) is 6.67 Å². The van der Waals surface area contributed by atoms with E-state index in [9.17, 15) is 4.39 Å². The molecule has 0 N–H and O–H groups in total. The van der Waals surface area contributed by atoms with Crippen LogP contribution >= 0.6 is 0 Å². The van der Waals surface area contributed by atoms with Crippen LogP contribution in [0, 0.1) is 5.92 Å². The fourth-order valence-electron chi connectivity index (χ4n) is 0.823. The molecule has 0 saturated heterocycles. The molecule has 8 heavy (non-hydrogen) atoms. The van der Waals surface area contributed by atoms with Gasteiger partial charge in [-0.05, 0) is 12.3 Å². The minimum atomic E-state index is -0.152. The Hall–Kier alpha value is -0.0700. The van der Waals surface area contributed by atoms with Crippen molar-refractivity contribution in [3.05, 3.63) is 0 Å². The SMILES string of the molecule is CCCC(C)CCF. The molecule has 0 aliphatic rings. The standard InChI is InChI=1S/C7H15F/c1-3-4-7(2)5-6-8/h7H,3-6H2,1-2H3. The number of halogens is 1. The Kier molecular flexibility index (Phi) is 5.03. The zero-order valence-corrected chi connectivity index (χ0v) is 5.78. The Morgan fingerprint density at radius 2 is 2.00 bits per heavy atom. The molecule has 0 spiro atoms. The van der Waals surface area contributed by atoms with Crippen LogP contribution in [0.1, 0.15) is 33.1 Å². The quantitative estimate of drug-likeness (QED) is 0.532. The second-order valence-corrected chi connectivity index (χ2v) is 2.37. The summed E-state index contributed by atoms with van der Waals surface area (Å²) in [5.41, 5.74) is 0. The van der Waals surface area contributed by atoms with E-state index in [1.54, 1.807) is 0 Å². The van der Waals surface area contributed by atoms with Crippen molar-refractivity contribution in [2.75, 3.05) is 6.67 Å². The molecule has 0 aromatic heterocycles. The van der Waals surface area contributed by atoms with E-state index >= 15 is 0 Å². The fourth-order valence-corrected chi connectivity index (χ4v) is 0.823. The minimum Gasteiger partial charge on any atom is -0.251 e. The number of hydrogen-bond donors (Lipinski definition) is 0. The smallest absolute Gasteiger partial charge is 0.0897 e. The van der Waals surface area contributed by atoms with Crippen LogP contribution in [0.3, 0.4) is 0 Å². The zero-order chi connectivity index (χ0) is 6.41. The van der Waals surface area contributed by atoms with Crippen molar-refractivity contribution in [1.29, 1.82) is 0 Å². The van der Waals surface area contributed by atoms with E-state index in [1.165, 1.54) is 12.8 Å². The van der Waals surface area contributed by atoms with Gasteiger partial charge >= 0.3 is 0 Å². The van der Waals surface area contributed by atoms with Gasteiger partial charge < -0.3 is 0 Å². The summed E-state index contributed by atoms with van der Waals surface area (Å²) < 4.78 is 11.6. The number of rotatable bonds is 4. The highest BCUT2D eigenvalue weighted by Gasteiger charge is 1.97. The molecule has 50 valence electrons. The van der Waals surface area contributed by atoms with Crippen LogP contribution in [0.2, 0.25) is 0 Å². The first kappa shape index (κ1) is 7.93. The van der Waals surface area contributed by atoms with Crippen molar-refractivity contribution < 1.29 is 4.39 Å². The predicted octanol–water partition coefficient (Wildman–Crippen LogP) is 2.78. The maximum absolute atomic E-state index is 11.6. The molecule has 0 aromatic rings. The molecule has 0 rings (SSSR count). The van der Waals surface area contributed by atoms with Gasteiger partial charge in [-0.1, -0.05) is 26.7 Å². The maximum atomic E-state index is 11.6. The molecule has 0 radical (unpaired) electrons. The molecule has 0 fully saturated rings. The lowest BCUT2D eigenvalue weighted by molar-refractivity contribution is 0.387. The van der Waals surface area contributed by atoms with Gasteiger partial charge in [0.1, 0.15) is 0 Å². The normalized spacial score (nSPS) is 13.9. The van der Waals surface area contributed by atoms with E-state index in [4.69, 9.17) is 0 Å². The molecular formula is C7H15F. The first-order valence-corrected chi connectivity index (χ1v) is 3.37. The molecule has 1 heteroatoms. The predicted molar refractivity (Wildman–Crippen MR) is 34.7 cm³/mol. The minimum absolute atomic E-state index is 0.152. The van der Waals surface area contributed by atoms with E-state index in [1.807, 2.05) is 0 Å². The van der Waals surface area contributed by atoms with Crippen molar-refractivity contribution in [2.24, 2.45) is 5.92 Å². The van der Waals surface area contributed by atoms with Gasteiger partial charge in [-0.3, -0.25) is 4.39 Å². The number of hydrogen-bond acceptors (Lipinski definition) is 0. The first-order valence-electron chi connectivity index (χ1n) is 3.37. The van der Waals surface area contributed by atoms with Crippen LogP contribution in [0.5, 0.6) is 0 Å². The Bertz CT molecular complexity index is 37.7. The summed E-state index contributed by atoms with van der Waals surface area (Å²) in [7, 11) is 0. The fraction of sp³-hybridized carbons (Fsp3) is 1.00. The first-order chi connectivity index (χ1) is 3.81. The Morgan fingerprint density at radius 1 is 1.38 bits per heavy atom. The lowest BCUT2D eigenvalue weighted by atomic mass is 10.0. The Labute approximate surface area is 51.1 Å². The van der Waals surface area contributed by atoms with Crippen LogP contribution in [0.15, 0.2) is 0 Å². The van der Waals surface area contributed by atoms with Gasteiger partial charge in [0.25, 0.3) is 0 Å². The average Bonchev–Trinajstić information content (AvgIpc) is 1.68. The Balaban J connectivity index is 2.92. The van der Waals surface area contributed by atoms with Crippen molar-refractivity contribution in [3.63, 3.8) is 0 Å². The van der Waals surface area contributed by atoms with Gasteiger partial charge in [0.2, 0.25) is 0 Å². The van der Waals surface area contributed by atoms with Crippen LogP contribution in [-0.2, 0) is 0 Å². The molecule has 0 saturated carbocycles. The van der Waals surface area contributed by atoms with Crippen LogP contribution < -0.4 is 0 Å². The summed E-state index contributed by atoms with van der Waals surface area (Å²) >= 11 is 0. The van der Waals surface area contributed by atoms with Crippen LogP contribution in [0.25, 0.3) is 0 Å². The van der Waals surface area contributed by atoms with E-state index in [2.05, 4.69) is 13.8 Å². The van der Waals surface area contributed by atoms with Crippen molar-refractivity contribution >= 4 is 0 Å². The maximum Gasteiger partial charge on any atom is 0.0897 e. The monoisotopic (exact) mass is 118 g/mol. The Morgan fingerprint density at radius 3 is 2.38 bits per heavy atom. The summed E-state index contributed by atoms with van der Waals surface area (Å²) in [5, 5.41) is 0. The van der Waals surface area contributed by atoms with Gasteiger partial charge in [-0.25, -0.2) is 0 Å². The van der Waals surface area contributed by atoms with Gasteiger partial charge in [0.05, 0.1) is 6.67 Å². The third kappa shape index (κ3) is 4.10. The summed E-state index contributed by atoms with van der Waals surface area (Å²) in [6.45, 7) is 4.08. The molecule has 0 bridgehead atoms. The van der Waals surface area contributed by atoms with E-state index in [0.29, 0.717) is 5.92 Å². The zero-order valence-electron chi connectivity index (χ0n) is 5.78. The largest absolute Gasteiger partial charge is 0.251 e. The summed E-state index contributed by atoms with van der Waals surface area (Å²) in [6, 6.07) is 0. The molecule has 0 aromatic carbocycles. The van der Waals surface area contributed by atoms with E-state index < -0.39 is 0 Å². The molecular weight excluding hydrogens is 103 g/mol. The lowest BCUT2D eigenvalue weighted by Crippen LogP contribution is -1.93. The molecule has 1 unspecified atom stereocenters. The molecule has 0 amide bonds. The molecule has 0 aliphatic carbocycles. The van der Waals surface area contributed by atoms with Crippen molar-refractivity contribution in [1.82, 2.24) is 0 Å². The van der Waals surface area contributed by atoms with Gasteiger partial charge in [0, 0.05) is 0 Å². The van der Waals surface area contributed by atoms with Crippen LogP contribution in [0.4, 0.5) is 4.39 Å². The second-order valence-electron chi connectivity index (χ2n) is 2.37. The van der Waals surface area contributed by atoms with Gasteiger partial charge in [-0.15, -0.1) is 0 Å². The molecule has 0 nitrogen and oxygen atoms in total. The molecule has 0 aliphatic heterocycles. The summed E-state index contributed by atoms with van der Waals surface area (Å²) in [5.74, 6) is 0.588. The van der Waals surface area contributed by atoms with E-state index in [0.717, 1.165) is 6.42 Å². The van der Waals surface area contributed by atoms with Crippen molar-refractivity contribution in [3.8, 4) is 0 Å². The summed E-state index contributed by atoms with van der Waals surface area (Å²) in [4.78, 5) is 0. The summed E-state index contributed by atoms with van der Waals surface area (Å²) in [6.07, 6.45) is 3.10. The third-order valence-corrected chi connectivity index (χ3v) is 1.38. The highest BCUT2D eigenvalue weighted by molar-refractivity contribution is 4.49.